The average molecular weight is 370 g/mol. The van der Waals surface area contributed by atoms with Crippen LogP contribution in [0.4, 0.5) is 4.39 Å². The minimum atomic E-state index is -0.272. The van der Waals surface area contributed by atoms with E-state index in [1.807, 2.05) is 29.2 Å². The Bertz CT molecular complexity index is 753. The first kappa shape index (κ1) is 19.4. The van der Waals surface area contributed by atoms with Crippen LogP contribution in [0.15, 0.2) is 48.5 Å². The molecule has 0 radical (unpaired) electrons. The smallest absolute Gasteiger partial charge is 0.257 e. The molecule has 1 aliphatic heterocycles. The van der Waals surface area contributed by atoms with E-state index in [2.05, 4.69) is 18.7 Å². The third kappa shape index (κ3) is 5.30. The number of carbonyl (C=O) groups is 1. The topological polar surface area (TPSA) is 32.8 Å². The van der Waals surface area contributed by atoms with Crippen LogP contribution in [0, 0.1) is 11.7 Å². The molecule has 3 rings (SSSR count). The van der Waals surface area contributed by atoms with Crippen LogP contribution in [-0.4, -0.2) is 48.4 Å². The van der Waals surface area contributed by atoms with E-state index in [0.29, 0.717) is 23.8 Å². The Balaban J connectivity index is 1.63. The van der Waals surface area contributed by atoms with Crippen molar-refractivity contribution in [1.29, 1.82) is 0 Å². The summed E-state index contributed by atoms with van der Waals surface area (Å²) >= 11 is 0. The van der Waals surface area contributed by atoms with E-state index in [-0.39, 0.29) is 11.7 Å². The molecule has 0 aromatic heterocycles. The summed E-state index contributed by atoms with van der Waals surface area (Å²) in [6.45, 7) is 9.07. The molecule has 0 bridgehead atoms. The Hall–Kier alpha value is -2.40. The van der Waals surface area contributed by atoms with Crippen molar-refractivity contribution in [1.82, 2.24) is 9.80 Å². The molecule has 1 saturated heterocycles. The molecule has 5 heteroatoms. The van der Waals surface area contributed by atoms with Crippen LogP contribution >= 0.6 is 0 Å². The summed E-state index contributed by atoms with van der Waals surface area (Å²) in [6.07, 6.45) is 0. The Labute approximate surface area is 160 Å². The first-order valence-electron chi connectivity index (χ1n) is 9.51. The standard InChI is InChI=1S/C22H27FN2O2/c1-17(2)15-24-11-13-25(14-12-24)22(26)20-5-3-4-6-21(20)27-16-18-7-9-19(23)10-8-18/h3-10,17H,11-16H2,1-2H3. The Morgan fingerprint density at radius 2 is 1.70 bits per heavy atom. The lowest BCUT2D eigenvalue weighted by molar-refractivity contribution is 0.0619. The number of hydrogen-bond acceptors (Lipinski definition) is 3. The minimum absolute atomic E-state index is 0.00824. The number of halogens is 1. The maximum absolute atomic E-state index is 13.0. The van der Waals surface area contributed by atoms with Crippen molar-refractivity contribution >= 4 is 5.91 Å². The van der Waals surface area contributed by atoms with Crippen LogP contribution in [0.3, 0.4) is 0 Å². The van der Waals surface area contributed by atoms with E-state index >= 15 is 0 Å². The molecule has 2 aromatic rings. The number of carbonyl (C=O) groups excluding carboxylic acids is 1. The molecule has 1 heterocycles. The molecule has 0 unspecified atom stereocenters. The molecular weight excluding hydrogens is 343 g/mol. The van der Waals surface area contributed by atoms with E-state index < -0.39 is 0 Å². The number of hydrogen-bond donors (Lipinski definition) is 0. The lowest BCUT2D eigenvalue weighted by Gasteiger charge is -2.35. The molecule has 0 spiro atoms. The lowest BCUT2D eigenvalue weighted by atomic mass is 10.1. The molecule has 2 aromatic carbocycles. The Kier molecular flexibility index (Phi) is 6.45. The number of para-hydroxylation sites is 1. The van der Waals surface area contributed by atoms with Crippen molar-refractivity contribution in [2.24, 2.45) is 5.92 Å². The van der Waals surface area contributed by atoms with Crippen molar-refractivity contribution in [2.45, 2.75) is 20.5 Å². The third-order valence-corrected chi connectivity index (χ3v) is 4.71. The quantitative estimate of drug-likeness (QED) is 0.775. The van der Waals surface area contributed by atoms with Gasteiger partial charge in [0.05, 0.1) is 5.56 Å². The molecule has 1 amide bonds. The maximum Gasteiger partial charge on any atom is 0.257 e. The number of rotatable bonds is 6. The minimum Gasteiger partial charge on any atom is -0.488 e. The van der Waals surface area contributed by atoms with Gasteiger partial charge < -0.3 is 9.64 Å². The van der Waals surface area contributed by atoms with Crippen molar-refractivity contribution in [3.63, 3.8) is 0 Å². The number of benzene rings is 2. The summed E-state index contributed by atoms with van der Waals surface area (Å²) in [5.74, 6) is 0.934. The molecule has 144 valence electrons. The summed E-state index contributed by atoms with van der Waals surface area (Å²) in [6, 6.07) is 13.5. The molecule has 0 N–H and O–H groups in total. The average Bonchev–Trinajstić information content (AvgIpc) is 2.67. The zero-order valence-corrected chi connectivity index (χ0v) is 16.0. The summed E-state index contributed by atoms with van der Waals surface area (Å²) in [4.78, 5) is 17.3. The fourth-order valence-electron chi connectivity index (χ4n) is 3.33. The van der Waals surface area contributed by atoms with Gasteiger partial charge in [-0.15, -0.1) is 0 Å². The second-order valence-electron chi connectivity index (χ2n) is 7.40. The first-order valence-corrected chi connectivity index (χ1v) is 9.51. The number of nitrogens with zero attached hydrogens (tertiary/aromatic N) is 2. The van der Waals surface area contributed by atoms with Gasteiger partial charge in [0.1, 0.15) is 18.2 Å². The molecular formula is C22H27FN2O2. The molecule has 1 aliphatic rings. The SMILES string of the molecule is CC(C)CN1CCN(C(=O)c2ccccc2OCc2ccc(F)cc2)CC1. The monoisotopic (exact) mass is 370 g/mol. The second kappa shape index (κ2) is 9.00. The third-order valence-electron chi connectivity index (χ3n) is 4.71. The highest BCUT2D eigenvalue weighted by Crippen LogP contribution is 2.22. The second-order valence-corrected chi connectivity index (χ2v) is 7.40. The van der Waals surface area contributed by atoms with Crippen LogP contribution in [0.25, 0.3) is 0 Å². The summed E-state index contributed by atoms with van der Waals surface area (Å²) < 4.78 is 18.9. The van der Waals surface area contributed by atoms with Crippen molar-refractivity contribution in [3.8, 4) is 5.75 Å². The van der Waals surface area contributed by atoms with Gasteiger partial charge in [-0.1, -0.05) is 38.1 Å². The van der Waals surface area contributed by atoms with Gasteiger partial charge >= 0.3 is 0 Å². The fourth-order valence-corrected chi connectivity index (χ4v) is 3.33. The Morgan fingerprint density at radius 3 is 2.37 bits per heavy atom. The summed E-state index contributed by atoms with van der Waals surface area (Å²) in [5.41, 5.74) is 1.44. The van der Waals surface area contributed by atoms with Gasteiger partial charge in [-0.2, -0.15) is 0 Å². The molecule has 0 aliphatic carbocycles. The maximum atomic E-state index is 13.0. The number of piperazine rings is 1. The van der Waals surface area contributed by atoms with E-state index in [0.717, 1.165) is 38.3 Å². The summed E-state index contributed by atoms with van der Waals surface area (Å²) in [7, 11) is 0. The fraction of sp³-hybridized carbons (Fsp3) is 0.409. The van der Waals surface area contributed by atoms with E-state index in [1.54, 1.807) is 12.1 Å². The van der Waals surface area contributed by atoms with Crippen molar-refractivity contribution in [2.75, 3.05) is 32.7 Å². The Morgan fingerprint density at radius 1 is 1.04 bits per heavy atom. The predicted molar refractivity (Wildman–Crippen MR) is 104 cm³/mol. The zero-order chi connectivity index (χ0) is 19.2. The van der Waals surface area contributed by atoms with Gasteiger partial charge in [0.2, 0.25) is 0 Å². The van der Waals surface area contributed by atoms with Crippen molar-refractivity contribution < 1.29 is 13.9 Å². The van der Waals surface area contributed by atoms with Crippen LogP contribution in [0.5, 0.6) is 5.75 Å². The molecule has 4 nitrogen and oxygen atoms in total. The predicted octanol–water partition coefficient (Wildman–Crippen LogP) is 3.82. The lowest BCUT2D eigenvalue weighted by Crippen LogP contribution is -2.49. The van der Waals surface area contributed by atoms with Crippen LogP contribution in [-0.2, 0) is 6.61 Å². The van der Waals surface area contributed by atoms with Crippen LogP contribution in [0.1, 0.15) is 29.8 Å². The highest BCUT2D eigenvalue weighted by atomic mass is 19.1. The van der Waals surface area contributed by atoms with Crippen LogP contribution < -0.4 is 4.74 Å². The molecule has 1 fully saturated rings. The van der Waals surface area contributed by atoms with Gasteiger partial charge in [0, 0.05) is 32.7 Å². The highest BCUT2D eigenvalue weighted by molar-refractivity contribution is 5.97. The largest absolute Gasteiger partial charge is 0.488 e. The van der Waals surface area contributed by atoms with Crippen LogP contribution in [0.2, 0.25) is 0 Å². The summed E-state index contributed by atoms with van der Waals surface area (Å²) in [5, 5.41) is 0. The number of ether oxygens (including phenoxy) is 1. The van der Waals surface area contributed by atoms with Gasteiger partial charge in [-0.25, -0.2) is 4.39 Å². The van der Waals surface area contributed by atoms with Gasteiger partial charge in [-0.05, 0) is 35.7 Å². The first-order chi connectivity index (χ1) is 13.0. The zero-order valence-electron chi connectivity index (χ0n) is 16.0. The van der Waals surface area contributed by atoms with E-state index in [1.165, 1.54) is 12.1 Å². The van der Waals surface area contributed by atoms with Gasteiger partial charge in [-0.3, -0.25) is 9.69 Å². The van der Waals surface area contributed by atoms with Crippen molar-refractivity contribution in [3.05, 3.63) is 65.5 Å². The van der Waals surface area contributed by atoms with E-state index in [4.69, 9.17) is 4.74 Å². The highest BCUT2D eigenvalue weighted by Gasteiger charge is 2.24. The molecule has 0 saturated carbocycles. The van der Waals surface area contributed by atoms with Gasteiger partial charge in [0.25, 0.3) is 5.91 Å². The number of amides is 1. The molecule has 0 atom stereocenters. The molecule has 27 heavy (non-hydrogen) atoms. The van der Waals surface area contributed by atoms with Gasteiger partial charge in [0.15, 0.2) is 0 Å². The normalized spacial score (nSPS) is 15.2. The van der Waals surface area contributed by atoms with E-state index in [9.17, 15) is 9.18 Å².